The van der Waals surface area contributed by atoms with Gasteiger partial charge in [0, 0.05) is 31.2 Å². The lowest BCUT2D eigenvalue weighted by Gasteiger charge is -2.39. The van der Waals surface area contributed by atoms with E-state index in [1.54, 1.807) is 0 Å². The minimum Gasteiger partial charge on any atom is -0.381 e. The van der Waals surface area contributed by atoms with Crippen molar-refractivity contribution < 1.29 is 4.74 Å². The Bertz CT molecular complexity index is 247. The molecule has 0 aromatic rings. The molecule has 0 aromatic carbocycles. The van der Waals surface area contributed by atoms with Gasteiger partial charge in [-0.1, -0.05) is 19.8 Å². The first-order valence-corrected chi connectivity index (χ1v) is 7.66. The van der Waals surface area contributed by atoms with E-state index in [1.807, 2.05) is 0 Å². The normalized spacial score (nSPS) is 38.0. The van der Waals surface area contributed by atoms with E-state index in [2.05, 4.69) is 31.2 Å². The molecule has 3 nitrogen and oxygen atoms in total. The zero-order valence-electron chi connectivity index (χ0n) is 12.3. The molecule has 0 spiro atoms. The SMILES string of the molecule is CNC1CCOCC1CN(C)C1CCCC(C)C1. The van der Waals surface area contributed by atoms with Crippen LogP contribution in [0.1, 0.15) is 39.0 Å². The molecule has 1 aliphatic heterocycles. The van der Waals surface area contributed by atoms with Gasteiger partial charge in [-0.25, -0.2) is 0 Å². The Labute approximate surface area is 112 Å². The van der Waals surface area contributed by atoms with E-state index in [4.69, 9.17) is 4.74 Å². The summed E-state index contributed by atoms with van der Waals surface area (Å²) in [5.74, 6) is 1.57. The maximum absolute atomic E-state index is 5.66. The maximum Gasteiger partial charge on any atom is 0.0521 e. The predicted octanol–water partition coefficient (Wildman–Crippen LogP) is 2.12. The van der Waals surface area contributed by atoms with E-state index >= 15 is 0 Å². The second-order valence-electron chi connectivity index (χ2n) is 6.38. The summed E-state index contributed by atoms with van der Waals surface area (Å²) in [6.07, 6.45) is 6.77. The lowest BCUT2D eigenvalue weighted by Crippen LogP contribution is -2.48. The van der Waals surface area contributed by atoms with Gasteiger partial charge in [0.2, 0.25) is 0 Å². The molecule has 2 rings (SSSR count). The van der Waals surface area contributed by atoms with Crippen LogP contribution in [0.2, 0.25) is 0 Å². The van der Waals surface area contributed by atoms with Crippen molar-refractivity contribution >= 4 is 0 Å². The summed E-state index contributed by atoms with van der Waals surface area (Å²) >= 11 is 0. The summed E-state index contributed by atoms with van der Waals surface area (Å²) in [4.78, 5) is 2.60. The van der Waals surface area contributed by atoms with Crippen LogP contribution in [0, 0.1) is 11.8 Å². The highest BCUT2D eigenvalue weighted by Gasteiger charge is 2.29. The molecular weight excluding hydrogens is 224 g/mol. The third kappa shape index (κ3) is 3.69. The first-order valence-electron chi connectivity index (χ1n) is 7.66. The predicted molar refractivity (Wildman–Crippen MR) is 75.8 cm³/mol. The standard InChI is InChI=1S/C15H30N2O/c1-12-5-4-6-14(9-12)17(3)10-13-11-18-8-7-15(13)16-2/h12-16H,4-11H2,1-3H3. The van der Waals surface area contributed by atoms with Crippen molar-refractivity contribution in [1.29, 1.82) is 0 Å². The Morgan fingerprint density at radius 2 is 2.11 bits per heavy atom. The van der Waals surface area contributed by atoms with Crippen LogP contribution in [-0.4, -0.2) is 50.8 Å². The lowest BCUT2D eigenvalue weighted by molar-refractivity contribution is 0.0123. The van der Waals surface area contributed by atoms with E-state index < -0.39 is 0 Å². The molecule has 3 heteroatoms. The average Bonchev–Trinajstić information content (AvgIpc) is 2.39. The molecule has 1 saturated carbocycles. The van der Waals surface area contributed by atoms with Gasteiger partial charge in [-0.3, -0.25) is 0 Å². The summed E-state index contributed by atoms with van der Waals surface area (Å²) < 4.78 is 5.66. The second kappa shape index (κ2) is 6.88. The number of nitrogens with one attached hydrogen (secondary N) is 1. The van der Waals surface area contributed by atoms with Gasteiger partial charge in [0.05, 0.1) is 6.61 Å². The van der Waals surface area contributed by atoms with Crippen LogP contribution in [0.3, 0.4) is 0 Å². The minimum atomic E-state index is 0.641. The van der Waals surface area contributed by atoms with Crippen molar-refractivity contribution in [1.82, 2.24) is 10.2 Å². The fourth-order valence-electron chi connectivity index (χ4n) is 3.68. The molecule has 1 saturated heterocycles. The fourth-order valence-corrected chi connectivity index (χ4v) is 3.68. The van der Waals surface area contributed by atoms with E-state index in [1.165, 1.54) is 32.2 Å². The highest BCUT2D eigenvalue weighted by Crippen LogP contribution is 2.27. The molecule has 2 aliphatic rings. The van der Waals surface area contributed by atoms with Crippen molar-refractivity contribution in [2.24, 2.45) is 11.8 Å². The molecular formula is C15H30N2O. The van der Waals surface area contributed by atoms with Crippen LogP contribution in [0.4, 0.5) is 0 Å². The Morgan fingerprint density at radius 1 is 1.28 bits per heavy atom. The summed E-state index contributed by atoms with van der Waals surface area (Å²) in [6.45, 7) is 5.44. The molecule has 0 radical (unpaired) electrons. The fraction of sp³-hybridized carbons (Fsp3) is 1.00. The summed E-state index contributed by atoms with van der Waals surface area (Å²) in [5.41, 5.74) is 0. The summed E-state index contributed by atoms with van der Waals surface area (Å²) in [5, 5.41) is 3.46. The molecule has 0 aromatic heterocycles. The maximum atomic E-state index is 5.66. The van der Waals surface area contributed by atoms with Crippen LogP contribution in [0.5, 0.6) is 0 Å². The van der Waals surface area contributed by atoms with Gasteiger partial charge in [-0.05, 0) is 39.3 Å². The van der Waals surface area contributed by atoms with Crippen molar-refractivity contribution in [3.05, 3.63) is 0 Å². The zero-order chi connectivity index (χ0) is 13.0. The number of rotatable bonds is 4. The summed E-state index contributed by atoms with van der Waals surface area (Å²) in [6, 6.07) is 1.44. The van der Waals surface area contributed by atoms with E-state index in [0.29, 0.717) is 12.0 Å². The third-order valence-corrected chi connectivity index (χ3v) is 4.90. The largest absolute Gasteiger partial charge is 0.381 e. The van der Waals surface area contributed by atoms with Gasteiger partial charge in [0.25, 0.3) is 0 Å². The van der Waals surface area contributed by atoms with Gasteiger partial charge in [0.1, 0.15) is 0 Å². The van der Waals surface area contributed by atoms with E-state index in [-0.39, 0.29) is 0 Å². The van der Waals surface area contributed by atoms with Crippen LogP contribution in [-0.2, 0) is 4.74 Å². The Kier molecular flexibility index (Phi) is 5.46. The van der Waals surface area contributed by atoms with Crippen molar-refractivity contribution in [2.45, 2.75) is 51.1 Å². The summed E-state index contributed by atoms with van der Waals surface area (Å²) in [7, 11) is 4.40. The van der Waals surface area contributed by atoms with E-state index in [9.17, 15) is 0 Å². The van der Waals surface area contributed by atoms with Gasteiger partial charge < -0.3 is 15.0 Å². The second-order valence-corrected chi connectivity index (χ2v) is 6.38. The van der Waals surface area contributed by atoms with Crippen molar-refractivity contribution in [3.63, 3.8) is 0 Å². The molecule has 106 valence electrons. The van der Waals surface area contributed by atoms with Gasteiger partial charge in [-0.2, -0.15) is 0 Å². The molecule has 18 heavy (non-hydrogen) atoms. The third-order valence-electron chi connectivity index (χ3n) is 4.90. The average molecular weight is 254 g/mol. The molecule has 2 fully saturated rings. The lowest BCUT2D eigenvalue weighted by atomic mass is 9.85. The molecule has 1 heterocycles. The monoisotopic (exact) mass is 254 g/mol. The number of nitrogens with zero attached hydrogens (tertiary/aromatic N) is 1. The molecule has 4 atom stereocenters. The van der Waals surface area contributed by atoms with Gasteiger partial charge in [-0.15, -0.1) is 0 Å². The highest BCUT2D eigenvalue weighted by molar-refractivity contribution is 4.84. The van der Waals surface area contributed by atoms with E-state index in [0.717, 1.165) is 31.6 Å². The van der Waals surface area contributed by atoms with Crippen molar-refractivity contribution in [3.8, 4) is 0 Å². The smallest absolute Gasteiger partial charge is 0.0521 e. The number of hydrogen-bond acceptors (Lipinski definition) is 3. The first-order chi connectivity index (χ1) is 8.70. The van der Waals surface area contributed by atoms with Gasteiger partial charge >= 0.3 is 0 Å². The Morgan fingerprint density at radius 3 is 2.83 bits per heavy atom. The molecule has 4 unspecified atom stereocenters. The molecule has 1 N–H and O–H groups in total. The van der Waals surface area contributed by atoms with Crippen LogP contribution in [0.25, 0.3) is 0 Å². The molecule has 1 aliphatic carbocycles. The van der Waals surface area contributed by atoms with Crippen LogP contribution >= 0.6 is 0 Å². The zero-order valence-corrected chi connectivity index (χ0v) is 12.3. The number of ether oxygens (including phenoxy) is 1. The topological polar surface area (TPSA) is 24.5 Å². The molecule has 0 amide bonds. The molecule has 0 bridgehead atoms. The number of hydrogen-bond donors (Lipinski definition) is 1. The first kappa shape index (κ1) is 14.3. The quantitative estimate of drug-likeness (QED) is 0.832. The Balaban J connectivity index is 1.83. The Hall–Kier alpha value is -0.120. The van der Waals surface area contributed by atoms with Gasteiger partial charge in [0.15, 0.2) is 0 Å². The van der Waals surface area contributed by atoms with Crippen molar-refractivity contribution in [2.75, 3.05) is 33.9 Å². The highest BCUT2D eigenvalue weighted by atomic mass is 16.5. The van der Waals surface area contributed by atoms with Crippen LogP contribution in [0.15, 0.2) is 0 Å². The van der Waals surface area contributed by atoms with Crippen LogP contribution < -0.4 is 5.32 Å². The minimum absolute atomic E-state index is 0.641.